The summed E-state index contributed by atoms with van der Waals surface area (Å²) in [5.41, 5.74) is 0.0256. The molecule has 1 aromatic carbocycles. The van der Waals surface area contributed by atoms with E-state index in [4.69, 9.17) is 0 Å². The van der Waals surface area contributed by atoms with Crippen LogP contribution in [0.5, 0.6) is 0 Å². The first-order valence-corrected chi connectivity index (χ1v) is 9.43. The summed E-state index contributed by atoms with van der Waals surface area (Å²) in [6.07, 6.45) is -1.09. The third-order valence-electron chi connectivity index (χ3n) is 5.71. The molecule has 10 heteroatoms. The van der Waals surface area contributed by atoms with Crippen molar-refractivity contribution in [2.45, 2.75) is 31.9 Å². The Morgan fingerprint density at radius 2 is 1.93 bits per heavy atom. The Balaban J connectivity index is 1.70. The maximum absolute atomic E-state index is 13.3. The quantitative estimate of drug-likeness (QED) is 0.769. The van der Waals surface area contributed by atoms with Crippen LogP contribution in [0.2, 0.25) is 0 Å². The second-order valence-electron chi connectivity index (χ2n) is 7.76. The predicted molar refractivity (Wildman–Crippen MR) is 103 cm³/mol. The zero-order chi connectivity index (χ0) is 21.7. The van der Waals surface area contributed by atoms with Crippen molar-refractivity contribution >= 4 is 23.4 Å². The summed E-state index contributed by atoms with van der Waals surface area (Å²) in [5, 5.41) is 2.65. The maximum atomic E-state index is 13.3. The van der Waals surface area contributed by atoms with Gasteiger partial charge in [-0.25, -0.2) is 9.78 Å². The smallest absolute Gasteiger partial charge is 0.342 e. The fourth-order valence-corrected chi connectivity index (χ4v) is 4.15. The van der Waals surface area contributed by atoms with Gasteiger partial charge in [0.15, 0.2) is 5.82 Å². The Morgan fingerprint density at radius 3 is 2.53 bits per heavy atom. The van der Waals surface area contributed by atoms with Crippen molar-refractivity contribution in [3.05, 3.63) is 47.4 Å². The lowest BCUT2D eigenvalue weighted by molar-refractivity contribution is -0.137. The van der Waals surface area contributed by atoms with Gasteiger partial charge >= 0.3 is 12.2 Å². The van der Waals surface area contributed by atoms with Crippen LogP contribution in [0.3, 0.4) is 0 Å². The molecule has 1 saturated heterocycles. The van der Waals surface area contributed by atoms with Crippen molar-refractivity contribution in [2.24, 2.45) is 0 Å². The van der Waals surface area contributed by atoms with E-state index in [2.05, 4.69) is 15.3 Å². The van der Waals surface area contributed by atoms with Gasteiger partial charge in [0, 0.05) is 37.7 Å². The van der Waals surface area contributed by atoms with Crippen LogP contribution in [0, 0.1) is 6.92 Å². The number of hydrogen-bond donors (Lipinski definition) is 1. The molecule has 1 spiro atoms. The maximum Gasteiger partial charge on any atom is 0.416 e. The predicted octanol–water partition coefficient (Wildman–Crippen LogP) is 3.35. The molecule has 0 radical (unpaired) electrons. The lowest BCUT2D eigenvalue weighted by Gasteiger charge is -2.25. The molecule has 2 aliphatic rings. The highest BCUT2D eigenvalue weighted by atomic mass is 19.4. The monoisotopic (exact) mass is 419 g/mol. The largest absolute Gasteiger partial charge is 0.416 e. The Hall–Kier alpha value is -3.17. The number of aryl methyl sites for hydroxylation is 1. The molecular weight excluding hydrogens is 399 g/mol. The van der Waals surface area contributed by atoms with Crippen molar-refractivity contribution < 1.29 is 22.8 Å². The molecular formula is C20H20F3N5O2. The SMILES string of the molecule is CC(=O)N1CCC2(C1)CN(C(=O)Nc1cnc(C)cn1)c1ccc(C(F)(F)F)cc12. The lowest BCUT2D eigenvalue weighted by Crippen LogP contribution is -2.41. The number of likely N-dealkylation sites (tertiary alicyclic amines) is 1. The summed E-state index contributed by atoms with van der Waals surface area (Å²) in [4.78, 5) is 36.0. The van der Waals surface area contributed by atoms with E-state index >= 15 is 0 Å². The second kappa shape index (κ2) is 6.96. The molecule has 1 N–H and O–H groups in total. The van der Waals surface area contributed by atoms with Gasteiger partial charge in [0.05, 0.1) is 23.7 Å². The third kappa shape index (κ3) is 3.46. The van der Waals surface area contributed by atoms with Gasteiger partial charge < -0.3 is 4.90 Å². The van der Waals surface area contributed by atoms with Crippen LogP contribution < -0.4 is 10.2 Å². The first-order valence-electron chi connectivity index (χ1n) is 9.43. The zero-order valence-electron chi connectivity index (χ0n) is 16.5. The number of benzene rings is 1. The van der Waals surface area contributed by atoms with E-state index in [1.165, 1.54) is 30.3 Å². The molecule has 1 unspecified atom stereocenters. The van der Waals surface area contributed by atoms with E-state index in [1.807, 2.05) is 0 Å². The Morgan fingerprint density at radius 1 is 1.17 bits per heavy atom. The van der Waals surface area contributed by atoms with Crippen LogP contribution in [0.1, 0.15) is 30.2 Å². The van der Waals surface area contributed by atoms with Crippen LogP contribution in [-0.2, 0) is 16.4 Å². The number of halogens is 3. The number of urea groups is 1. The topological polar surface area (TPSA) is 78.4 Å². The van der Waals surface area contributed by atoms with Crippen LogP contribution in [0.25, 0.3) is 0 Å². The molecule has 2 aliphatic heterocycles. The molecule has 0 saturated carbocycles. The number of hydrogen-bond acceptors (Lipinski definition) is 4. The van der Waals surface area contributed by atoms with Crippen molar-refractivity contribution in [1.82, 2.24) is 14.9 Å². The van der Waals surface area contributed by atoms with Crippen molar-refractivity contribution in [1.29, 1.82) is 0 Å². The van der Waals surface area contributed by atoms with E-state index in [9.17, 15) is 22.8 Å². The summed E-state index contributed by atoms with van der Waals surface area (Å²) in [6, 6.07) is 2.90. The zero-order valence-corrected chi connectivity index (χ0v) is 16.5. The number of anilines is 2. The van der Waals surface area contributed by atoms with Crippen molar-refractivity contribution in [3.8, 4) is 0 Å². The van der Waals surface area contributed by atoms with Crippen LogP contribution >= 0.6 is 0 Å². The second-order valence-corrected chi connectivity index (χ2v) is 7.76. The average Bonchev–Trinajstić information content (AvgIpc) is 3.26. The summed E-state index contributed by atoms with van der Waals surface area (Å²) in [5.74, 6) is 0.107. The molecule has 1 aromatic heterocycles. The van der Waals surface area contributed by atoms with Crippen LogP contribution in [-0.4, -0.2) is 46.4 Å². The van der Waals surface area contributed by atoms with Crippen LogP contribution in [0.4, 0.5) is 29.5 Å². The third-order valence-corrected chi connectivity index (χ3v) is 5.71. The number of nitrogens with zero attached hydrogens (tertiary/aromatic N) is 4. The number of rotatable bonds is 1. The molecule has 1 atom stereocenters. The summed E-state index contributed by atoms with van der Waals surface area (Å²) < 4.78 is 40.0. The minimum absolute atomic E-state index is 0.141. The first kappa shape index (κ1) is 20.1. The van der Waals surface area contributed by atoms with E-state index < -0.39 is 23.2 Å². The molecule has 0 aliphatic carbocycles. The van der Waals surface area contributed by atoms with Gasteiger partial charge in [0.1, 0.15) is 0 Å². The molecule has 4 rings (SSSR count). The van der Waals surface area contributed by atoms with Gasteiger partial charge in [-0.15, -0.1) is 0 Å². The number of fused-ring (bicyclic) bond motifs is 2. The summed E-state index contributed by atoms with van der Waals surface area (Å²) in [7, 11) is 0. The normalized spacial score (nSPS) is 20.6. The molecule has 2 aromatic rings. The molecule has 30 heavy (non-hydrogen) atoms. The fourth-order valence-electron chi connectivity index (χ4n) is 4.15. The molecule has 0 bridgehead atoms. The van der Waals surface area contributed by atoms with Crippen LogP contribution in [0.15, 0.2) is 30.6 Å². The van der Waals surface area contributed by atoms with Gasteiger partial charge in [-0.2, -0.15) is 13.2 Å². The van der Waals surface area contributed by atoms with Gasteiger partial charge in [0.2, 0.25) is 5.91 Å². The van der Waals surface area contributed by atoms with Gasteiger partial charge in [-0.1, -0.05) is 0 Å². The Kier molecular flexibility index (Phi) is 4.67. The minimum Gasteiger partial charge on any atom is -0.342 e. The van der Waals surface area contributed by atoms with E-state index in [0.29, 0.717) is 29.9 Å². The summed E-state index contributed by atoms with van der Waals surface area (Å²) in [6.45, 7) is 4.08. The van der Waals surface area contributed by atoms with Crippen molar-refractivity contribution in [3.63, 3.8) is 0 Å². The minimum atomic E-state index is -4.50. The number of carbonyl (C=O) groups is 2. The van der Waals surface area contributed by atoms with Gasteiger partial charge in [-0.3, -0.25) is 20.0 Å². The highest BCUT2D eigenvalue weighted by Gasteiger charge is 2.50. The molecule has 158 valence electrons. The lowest BCUT2D eigenvalue weighted by atomic mass is 9.81. The molecule has 1 fully saturated rings. The molecule has 3 amide bonds. The summed E-state index contributed by atoms with van der Waals surface area (Å²) >= 11 is 0. The highest BCUT2D eigenvalue weighted by Crippen LogP contribution is 2.48. The number of amides is 3. The number of alkyl halides is 3. The van der Waals surface area contributed by atoms with E-state index in [0.717, 1.165) is 12.1 Å². The molecule has 7 nitrogen and oxygen atoms in total. The highest BCUT2D eigenvalue weighted by molar-refractivity contribution is 6.03. The van der Waals surface area contributed by atoms with E-state index in [-0.39, 0.29) is 24.8 Å². The van der Waals surface area contributed by atoms with Crippen molar-refractivity contribution in [2.75, 3.05) is 29.9 Å². The average molecular weight is 419 g/mol. The van der Waals surface area contributed by atoms with Gasteiger partial charge in [0.25, 0.3) is 0 Å². The standard InChI is InChI=1S/C20H20F3N5O2/c1-12-8-25-17(9-24-12)26-18(30)28-11-19(5-6-27(10-19)13(2)29)15-7-14(20(21,22)23)3-4-16(15)28/h3-4,7-9H,5-6,10-11H2,1-2H3,(H,25,26,30). The van der Waals surface area contributed by atoms with E-state index in [1.54, 1.807) is 11.8 Å². The Labute approximate surface area is 170 Å². The number of nitrogens with one attached hydrogen (secondary N) is 1. The number of carbonyl (C=O) groups excluding carboxylic acids is 2. The van der Waals surface area contributed by atoms with Gasteiger partial charge in [-0.05, 0) is 37.1 Å². The fraction of sp³-hybridized carbons (Fsp3) is 0.400. The number of aromatic nitrogens is 2. The Bertz CT molecular complexity index is 1010. The molecule has 3 heterocycles. The first-order chi connectivity index (χ1) is 14.1.